The number of nitrogens with one attached hydrogen (secondary N) is 1. The van der Waals surface area contributed by atoms with E-state index < -0.39 is 0 Å². The highest BCUT2D eigenvalue weighted by Crippen LogP contribution is 2.19. The summed E-state index contributed by atoms with van der Waals surface area (Å²) in [6.45, 7) is 0.489. The van der Waals surface area contributed by atoms with Crippen LogP contribution in [0.2, 0.25) is 0 Å². The van der Waals surface area contributed by atoms with Gasteiger partial charge in [0.05, 0.1) is 18.1 Å². The van der Waals surface area contributed by atoms with Crippen LogP contribution in [0.1, 0.15) is 27.4 Å². The summed E-state index contributed by atoms with van der Waals surface area (Å²) < 4.78 is 25.0. The first-order valence-electron chi connectivity index (χ1n) is 9.94. The normalized spacial score (nSPS) is 10.7. The Labute approximate surface area is 184 Å². The van der Waals surface area contributed by atoms with E-state index in [0.717, 1.165) is 0 Å². The molecule has 0 amide bonds. The summed E-state index contributed by atoms with van der Waals surface area (Å²) in [4.78, 5) is 20.8. The Morgan fingerprint density at radius 1 is 1.12 bits per heavy atom. The lowest BCUT2D eigenvalue weighted by Gasteiger charge is -2.10. The number of anilines is 2. The largest absolute Gasteiger partial charge is 0.484 e. The van der Waals surface area contributed by atoms with Crippen LogP contribution in [0.5, 0.6) is 5.75 Å². The second-order valence-corrected chi connectivity index (χ2v) is 7.06. The van der Waals surface area contributed by atoms with Gasteiger partial charge in [-0.05, 0) is 48.0 Å². The van der Waals surface area contributed by atoms with Gasteiger partial charge in [-0.2, -0.15) is 0 Å². The highest BCUT2D eigenvalue weighted by Gasteiger charge is 2.12. The van der Waals surface area contributed by atoms with Gasteiger partial charge >= 0.3 is 0 Å². The van der Waals surface area contributed by atoms with Crippen molar-refractivity contribution in [3.05, 3.63) is 102 Å². The minimum Gasteiger partial charge on any atom is -0.484 e. The summed E-state index contributed by atoms with van der Waals surface area (Å²) in [5.41, 5.74) is 7.84. The van der Waals surface area contributed by atoms with E-state index in [4.69, 9.17) is 14.9 Å². The minimum absolute atomic E-state index is 0.0991. The van der Waals surface area contributed by atoms with Gasteiger partial charge in [-0.25, -0.2) is 14.4 Å². The topological polar surface area (TPSA) is 103 Å². The number of nitrogens with zero attached hydrogens (tertiary/aromatic N) is 2. The molecule has 3 N–H and O–H groups in total. The first-order chi connectivity index (χ1) is 15.6. The van der Waals surface area contributed by atoms with Crippen LogP contribution < -0.4 is 15.8 Å². The van der Waals surface area contributed by atoms with E-state index >= 15 is 0 Å². The van der Waals surface area contributed by atoms with Gasteiger partial charge in [-0.15, -0.1) is 0 Å². The third-order valence-electron chi connectivity index (χ3n) is 4.77. The average molecular weight is 432 g/mol. The lowest BCUT2D eigenvalue weighted by Crippen LogP contribution is -2.08. The number of Topliss-reactive ketones (excluding diaryl/α,β-unsaturated/α-hetero) is 1. The second-order valence-electron chi connectivity index (χ2n) is 7.06. The van der Waals surface area contributed by atoms with Gasteiger partial charge in [0.15, 0.2) is 5.78 Å². The molecule has 0 aliphatic carbocycles. The molecule has 0 aliphatic rings. The number of hydrogen-bond donors (Lipinski definition) is 2. The third kappa shape index (κ3) is 5.28. The Balaban J connectivity index is 1.37. The van der Waals surface area contributed by atoms with Crippen molar-refractivity contribution >= 4 is 17.3 Å². The molecule has 0 unspecified atom stereocenters. The zero-order valence-corrected chi connectivity index (χ0v) is 17.1. The van der Waals surface area contributed by atoms with Gasteiger partial charge in [0.25, 0.3) is 0 Å². The molecular formula is C24H21FN4O3. The van der Waals surface area contributed by atoms with E-state index in [1.165, 1.54) is 12.3 Å². The highest BCUT2D eigenvalue weighted by atomic mass is 19.1. The molecule has 0 saturated carbocycles. The summed E-state index contributed by atoms with van der Waals surface area (Å²) in [6.07, 6.45) is 4.75. The molecular weight excluding hydrogens is 411 g/mol. The average Bonchev–Trinajstić information content (AvgIpc) is 3.33. The fraction of sp³-hybridized carbons (Fsp3) is 0.125. The summed E-state index contributed by atoms with van der Waals surface area (Å²) in [6, 6.07) is 15.0. The number of ether oxygens (including phenoxy) is 1. The van der Waals surface area contributed by atoms with Crippen LogP contribution >= 0.6 is 0 Å². The van der Waals surface area contributed by atoms with E-state index in [2.05, 4.69) is 15.3 Å². The number of hydrogen-bond acceptors (Lipinski definition) is 7. The predicted octanol–water partition coefficient (Wildman–Crippen LogP) is 4.41. The number of nitrogens with two attached hydrogens (primary N) is 1. The van der Waals surface area contributed by atoms with Crippen LogP contribution in [0.4, 0.5) is 15.9 Å². The number of ketones is 1. The molecule has 8 heteroatoms. The first kappa shape index (κ1) is 21.0. The highest BCUT2D eigenvalue weighted by molar-refractivity contribution is 5.95. The molecule has 7 nitrogen and oxygen atoms in total. The Bertz CT molecular complexity index is 1190. The maximum atomic E-state index is 14.2. The SMILES string of the molecule is Nc1ncccc1NCc1cc(CC(=O)c2ccc(OCc3ccco3)cn2)ccc1F. The van der Waals surface area contributed by atoms with E-state index in [9.17, 15) is 9.18 Å². The Hall–Kier alpha value is -4.20. The van der Waals surface area contributed by atoms with Gasteiger partial charge < -0.3 is 20.2 Å². The number of aromatic nitrogens is 2. The van der Waals surface area contributed by atoms with Crippen molar-refractivity contribution in [3.63, 3.8) is 0 Å². The molecule has 3 aromatic heterocycles. The molecule has 1 aromatic carbocycles. The molecule has 0 bridgehead atoms. The van der Waals surface area contributed by atoms with Crippen LogP contribution in [-0.2, 0) is 19.6 Å². The molecule has 0 radical (unpaired) electrons. The van der Waals surface area contributed by atoms with Crippen molar-refractivity contribution in [1.29, 1.82) is 0 Å². The standard InChI is InChI=1S/C24H21FN4O3/c25-20-7-5-16(11-17(20)13-28-22-4-1-9-27-24(22)26)12-23(30)21-8-6-18(14-29-21)32-15-19-3-2-10-31-19/h1-11,14,28H,12-13,15H2,(H2,26,27). The maximum Gasteiger partial charge on any atom is 0.185 e. The quantitative estimate of drug-likeness (QED) is 0.378. The van der Waals surface area contributed by atoms with Crippen molar-refractivity contribution in [2.45, 2.75) is 19.6 Å². The monoisotopic (exact) mass is 432 g/mol. The molecule has 0 fully saturated rings. The predicted molar refractivity (Wildman–Crippen MR) is 118 cm³/mol. The van der Waals surface area contributed by atoms with Crippen molar-refractivity contribution in [1.82, 2.24) is 9.97 Å². The molecule has 3 heterocycles. The number of furan rings is 1. The molecule has 32 heavy (non-hydrogen) atoms. The number of rotatable bonds is 9. The fourth-order valence-corrected chi connectivity index (χ4v) is 3.09. The van der Waals surface area contributed by atoms with Crippen LogP contribution in [0.25, 0.3) is 0 Å². The zero-order valence-electron chi connectivity index (χ0n) is 17.1. The lowest BCUT2D eigenvalue weighted by molar-refractivity contribution is 0.0988. The van der Waals surface area contributed by atoms with Crippen LogP contribution in [-0.4, -0.2) is 15.8 Å². The van der Waals surface area contributed by atoms with Crippen molar-refractivity contribution in [2.24, 2.45) is 0 Å². The molecule has 0 aliphatic heterocycles. The number of nitrogen functional groups attached to an aromatic ring is 1. The molecule has 162 valence electrons. The van der Waals surface area contributed by atoms with Gasteiger partial charge in [-0.3, -0.25) is 4.79 Å². The Morgan fingerprint density at radius 3 is 2.78 bits per heavy atom. The molecule has 4 aromatic rings. The lowest BCUT2D eigenvalue weighted by atomic mass is 10.0. The Morgan fingerprint density at radius 2 is 2.03 bits per heavy atom. The van der Waals surface area contributed by atoms with E-state index in [1.807, 2.05) is 6.07 Å². The van der Waals surface area contributed by atoms with Crippen molar-refractivity contribution < 1.29 is 18.3 Å². The summed E-state index contributed by atoms with van der Waals surface area (Å²) in [5.74, 6) is 1.01. The first-order valence-corrected chi connectivity index (χ1v) is 9.94. The van der Waals surface area contributed by atoms with E-state index in [0.29, 0.717) is 39.8 Å². The van der Waals surface area contributed by atoms with E-state index in [-0.39, 0.29) is 31.2 Å². The number of carbonyl (C=O) groups excluding carboxylic acids is 1. The van der Waals surface area contributed by atoms with Crippen LogP contribution in [0.15, 0.2) is 77.7 Å². The summed E-state index contributed by atoms with van der Waals surface area (Å²) >= 11 is 0. The maximum absolute atomic E-state index is 14.2. The van der Waals surface area contributed by atoms with Crippen molar-refractivity contribution in [2.75, 3.05) is 11.1 Å². The van der Waals surface area contributed by atoms with E-state index in [1.54, 1.807) is 54.9 Å². The minimum atomic E-state index is -0.368. The van der Waals surface area contributed by atoms with Gasteiger partial charge in [-0.1, -0.05) is 12.1 Å². The van der Waals surface area contributed by atoms with Gasteiger partial charge in [0.1, 0.15) is 35.4 Å². The molecule has 0 atom stereocenters. The van der Waals surface area contributed by atoms with Crippen molar-refractivity contribution in [3.8, 4) is 5.75 Å². The van der Waals surface area contributed by atoms with Gasteiger partial charge in [0, 0.05) is 24.7 Å². The van der Waals surface area contributed by atoms with Gasteiger partial charge in [0.2, 0.25) is 0 Å². The fourth-order valence-electron chi connectivity index (χ4n) is 3.09. The summed E-state index contributed by atoms with van der Waals surface area (Å²) in [7, 11) is 0. The second kappa shape index (κ2) is 9.74. The number of carbonyl (C=O) groups is 1. The van der Waals surface area contributed by atoms with Crippen LogP contribution in [0.3, 0.4) is 0 Å². The number of halogens is 1. The Kier molecular flexibility index (Phi) is 6.41. The molecule has 4 rings (SSSR count). The number of pyridine rings is 2. The molecule has 0 saturated heterocycles. The third-order valence-corrected chi connectivity index (χ3v) is 4.77. The van der Waals surface area contributed by atoms with Crippen LogP contribution in [0, 0.1) is 5.82 Å². The molecule has 0 spiro atoms. The number of benzene rings is 1. The summed E-state index contributed by atoms with van der Waals surface area (Å²) in [5, 5.41) is 3.07. The smallest absolute Gasteiger partial charge is 0.185 e. The zero-order chi connectivity index (χ0) is 22.3.